The van der Waals surface area contributed by atoms with E-state index in [9.17, 15) is 4.79 Å². The highest BCUT2D eigenvalue weighted by Gasteiger charge is 2.09. The standard InChI is InChI=1S/C22H24N2O2S/c1-16(8-9-18-6-4-3-5-7-18)23-21(25)14-26-20-12-10-19(11-13-20)22-24-17(2)15-27-22/h3-7,10-13,15-16H,8-9,14H2,1-2H3,(H,23,25)/t16-/m0/s1. The lowest BCUT2D eigenvalue weighted by molar-refractivity contribution is -0.123. The molecule has 0 aliphatic heterocycles. The van der Waals surface area contributed by atoms with Crippen molar-refractivity contribution >= 4 is 17.2 Å². The van der Waals surface area contributed by atoms with Crippen molar-refractivity contribution in [2.75, 3.05) is 6.61 Å². The summed E-state index contributed by atoms with van der Waals surface area (Å²) in [5.74, 6) is 0.578. The van der Waals surface area contributed by atoms with Gasteiger partial charge in [0.2, 0.25) is 0 Å². The van der Waals surface area contributed by atoms with Gasteiger partial charge < -0.3 is 10.1 Å². The number of hydrogen-bond acceptors (Lipinski definition) is 4. The Morgan fingerprint density at radius 2 is 1.89 bits per heavy atom. The lowest BCUT2D eigenvalue weighted by Crippen LogP contribution is -2.36. The van der Waals surface area contributed by atoms with E-state index in [1.54, 1.807) is 11.3 Å². The predicted molar refractivity (Wildman–Crippen MR) is 110 cm³/mol. The molecule has 1 atom stereocenters. The van der Waals surface area contributed by atoms with Crippen molar-refractivity contribution in [3.63, 3.8) is 0 Å². The number of ether oxygens (including phenoxy) is 1. The maximum absolute atomic E-state index is 12.1. The van der Waals surface area contributed by atoms with E-state index < -0.39 is 0 Å². The number of aryl methyl sites for hydroxylation is 2. The molecule has 0 spiro atoms. The highest BCUT2D eigenvalue weighted by molar-refractivity contribution is 7.13. The average Bonchev–Trinajstić information content (AvgIpc) is 3.12. The zero-order valence-corrected chi connectivity index (χ0v) is 16.5. The van der Waals surface area contributed by atoms with Crippen LogP contribution in [0, 0.1) is 6.92 Å². The van der Waals surface area contributed by atoms with Crippen molar-refractivity contribution in [2.45, 2.75) is 32.7 Å². The number of hydrogen-bond donors (Lipinski definition) is 1. The van der Waals surface area contributed by atoms with Gasteiger partial charge in [-0.05, 0) is 56.5 Å². The van der Waals surface area contributed by atoms with Gasteiger partial charge in [0, 0.05) is 22.7 Å². The van der Waals surface area contributed by atoms with Crippen molar-refractivity contribution in [2.24, 2.45) is 0 Å². The molecule has 2 aromatic carbocycles. The van der Waals surface area contributed by atoms with Crippen LogP contribution in [0.5, 0.6) is 5.75 Å². The molecule has 3 rings (SSSR count). The van der Waals surface area contributed by atoms with E-state index in [1.165, 1.54) is 5.56 Å². The van der Waals surface area contributed by atoms with Gasteiger partial charge in [-0.15, -0.1) is 11.3 Å². The van der Waals surface area contributed by atoms with Crippen molar-refractivity contribution in [1.82, 2.24) is 10.3 Å². The highest BCUT2D eigenvalue weighted by atomic mass is 32.1. The first-order chi connectivity index (χ1) is 13.1. The summed E-state index contributed by atoms with van der Waals surface area (Å²) in [6, 6.07) is 18.1. The third kappa shape index (κ3) is 5.93. The molecule has 1 heterocycles. The van der Waals surface area contributed by atoms with Crippen molar-refractivity contribution in [3.05, 3.63) is 71.2 Å². The normalized spacial score (nSPS) is 11.8. The molecular weight excluding hydrogens is 356 g/mol. The Hall–Kier alpha value is -2.66. The molecular formula is C22H24N2O2S. The molecule has 0 aliphatic carbocycles. The van der Waals surface area contributed by atoms with E-state index in [1.807, 2.05) is 61.7 Å². The largest absolute Gasteiger partial charge is 0.484 e. The third-order valence-electron chi connectivity index (χ3n) is 4.21. The lowest BCUT2D eigenvalue weighted by Gasteiger charge is -2.14. The van der Waals surface area contributed by atoms with E-state index >= 15 is 0 Å². The van der Waals surface area contributed by atoms with Crippen LogP contribution >= 0.6 is 11.3 Å². The second kappa shape index (κ2) is 9.33. The minimum atomic E-state index is -0.102. The van der Waals surface area contributed by atoms with Crippen LogP contribution in [0.25, 0.3) is 10.6 Å². The van der Waals surface area contributed by atoms with E-state index in [0.29, 0.717) is 5.75 Å². The monoisotopic (exact) mass is 380 g/mol. The molecule has 1 amide bonds. The molecule has 0 saturated carbocycles. The summed E-state index contributed by atoms with van der Waals surface area (Å²) in [6.45, 7) is 4.02. The summed E-state index contributed by atoms with van der Waals surface area (Å²) < 4.78 is 5.60. The van der Waals surface area contributed by atoms with Crippen LogP contribution in [0.2, 0.25) is 0 Å². The molecule has 5 heteroatoms. The maximum atomic E-state index is 12.1. The zero-order chi connectivity index (χ0) is 19.1. The second-order valence-corrected chi connectivity index (χ2v) is 7.46. The van der Waals surface area contributed by atoms with Gasteiger partial charge in [0.25, 0.3) is 5.91 Å². The molecule has 0 aliphatic rings. The molecule has 27 heavy (non-hydrogen) atoms. The molecule has 3 aromatic rings. The van der Waals surface area contributed by atoms with Crippen LogP contribution in [0.1, 0.15) is 24.6 Å². The predicted octanol–water partition coefficient (Wildman–Crippen LogP) is 4.63. The van der Waals surface area contributed by atoms with Gasteiger partial charge in [-0.3, -0.25) is 4.79 Å². The van der Waals surface area contributed by atoms with Gasteiger partial charge in [0.15, 0.2) is 6.61 Å². The molecule has 0 fully saturated rings. The average molecular weight is 381 g/mol. The lowest BCUT2D eigenvalue weighted by atomic mass is 10.1. The van der Waals surface area contributed by atoms with Crippen LogP contribution < -0.4 is 10.1 Å². The molecule has 1 N–H and O–H groups in total. The van der Waals surface area contributed by atoms with Gasteiger partial charge in [-0.25, -0.2) is 4.98 Å². The van der Waals surface area contributed by atoms with E-state index in [2.05, 4.69) is 22.4 Å². The Bertz CT molecular complexity index is 860. The summed E-state index contributed by atoms with van der Waals surface area (Å²) in [5.41, 5.74) is 3.36. The third-order valence-corrected chi connectivity index (χ3v) is 5.22. The summed E-state index contributed by atoms with van der Waals surface area (Å²) in [6.07, 6.45) is 1.85. The second-order valence-electron chi connectivity index (χ2n) is 6.60. The summed E-state index contributed by atoms with van der Waals surface area (Å²) in [5, 5.41) is 6.01. The Kier molecular flexibility index (Phi) is 6.60. The molecule has 0 unspecified atom stereocenters. The zero-order valence-electron chi connectivity index (χ0n) is 15.6. The van der Waals surface area contributed by atoms with Gasteiger partial charge >= 0.3 is 0 Å². The number of carbonyl (C=O) groups is 1. The number of nitrogens with zero attached hydrogens (tertiary/aromatic N) is 1. The first kappa shape index (κ1) is 19.1. The number of thiazole rings is 1. The van der Waals surface area contributed by atoms with Crippen LogP contribution in [-0.4, -0.2) is 23.5 Å². The fourth-order valence-corrected chi connectivity index (χ4v) is 3.55. The minimum absolute atomic E-state index is 0.0192. The van der Waals surface area contributed by atoms with Crippen LogP contribution in [0.15, 0.2) is 60.0 Å². The Morgan fingerprint density at radius 3 is 2.56 bits per heavy atom. The Balaban J connectivity index is 1.42. The summed E-state index contributed by atoms with van der Waals surface area (Å²) >= 11 is 1.62. The molecule has 140 valence electrons. The maximum Gasteiger partial charge on any atom is 0.258 e. The number of rotatable bonds is 8. The van der Waals surface area contributed by atoms with Crippen LogP contribution in [0.3, 0.4) is 0 Å². The van der Waals surface area contributed by atoms with Gasteiger partial charge in [0.05, 0.1) is 0 Å². The van der Waals surface area contributed by atoms with E-state index in [0.717, 1.165) is 29.1 Å². The Labute approximate surface area is 164 Å². The molecule has 0 bridgehead atoms. The number of nitrogens with one attached hydrogen (secondary N) is 1. The fraction of sp³-hybridized carbons (Fsp3) is 0.273. The van der Waals surface area contributed by atoms with Crippen molar-refractivity contribution < 1.29 is 9.53 Å². The highest BCUT2D eigenvalue weighted by Crippen LogP contribution is 2.25. The number of carbonyl (C=O) groups excluding carboxylic acids is 1. The first-order valence-corrected chi connectivity index (χ1v) is 9.97. The molecule has 4 nitrogen and oxygen atoms in total. The van der Waals surface area contributed by atoms with Gasteiger partial charge in [-0.2, -0.15) is 0 Å². The molecule has 1 aromatic heterocycles. The quantitative estimate of drug-likeness (QED) is 0.620. The number of aromatic nitrogens is 1. The summed E-state index contributed by atoms with van der Waals surface area (Å²) in [4.78, 5) is 16.6. The molecule has 0 radical (unpaired) electrons. The fourth-order valence-electron chi connectivity index (χ4n) is 2.75. The van der Waals surface area contributed by atoms with Gasteiger partial charge in [0.1, 0.15) is 10.8 Å². The van der Waals surface area contributed by atoms with Crippen LogP contribution in [-0.2, 0) is 11.2 Å². The first-order valence-electron chi connectivity index (χ1n) is 9.09. The van der Waals surface area contributed by atoms with Crippen molar-refractivity contribution in [1.29, 1.82) is 0 Å². The van der Waals surface area contributed by atoms with Crippen LogP contribution in [0.4, 0.5) is 0 Å². The smallest absolute Gasteiger partial charge is 0.258 e. The number of amides is 1. The van der Waals surface area contributed by atoms with Crippen molar-refractivity contribution in [3.8, 4) is 16.3 Å². The van der Waals surface area contributed by atoms with E-state index in [4.69, 9.17) is 4.74 Å². The summed E-state index contributed by atoms with van der Waals surface area (Å²) in [7, 11) is 0. The topological polar surface area (TPSA) is 51.2 Å². The van der Waals surface area contributed by atoms with Gasteiger partial charge in [-0.1, -0.05) is 30.3 Å². The number of benzene rings is 2. The minimum Gasteiger partial charge on any atom is -0.484 e. The molecule has 0 saturated heterocycles. The Morgan fingerprint density at radius 1 is 1.15 bits per heavy atom. The van der Waals surface area contributed by atoms with E-state index in [-0.39, 0.29) is 18.6 Å². The SMILES string of the molecule is Cc1csc(-c2ccc(OCC(=O)N[C@@H](C)CCc3ccccc3)cc2)n1.